The molecule has 4 nitrogen and oxygen atoms in total. The fraction of sp³-hybridized carbons (Fsp3) is 0.250. The molecule has 0 aliphatic heterocycles. The Kier molecular flexibility index (Phi) is 2.62. The standard InChI is InChI=1S/C4H7O4P/c1-2-3-9(7,8)4(5)6/h2H,1,3H2,(H,5,6)(H,7,8). The average molecular weight is 150 g/mol. The Morgan fingerprint density at radius 1 is 1.78 bits per heavy atom. The molecule has 0 heterocycles. The van der Waals surface area contributed by atoms with Gasteiger partial charge < -0.3 is 10.00 Å². The van der Waals surface area contributed by atoms with Crippen molar-refractivity contribution >= 4 is 13.1 Å². The van der Waals surface area contributed by atoms with E-state index in [1.54, 1.807) is 0 Å². The SMILES string of the molecule is C=CCP(=O)(O)C(=O)O. The van der Waals surface area contributed by atoms with Crippen molar-refractivity contribution in [3.05, 3.63) is 12.7 Å². The summed E-state index contributed by atoms with van der Waals surface area (Å²) < 4.78 is 10.4. The first-order chi connectivity index (χ1) is 4.00. The van der Waals surface area contributed by atoms with Crippen LogP contribution in [0.15, 0.2) is 12.7 Å². The zero-order valence-corrected chi connectivity index (χ0v) is 5.54. The maximum atomic E-state index is 10.4. The number of carbonyl (C=O) groups is 1. The fourth-order valence-corrected chi connectivity index (χ4v) is 0.759. The van der Waals surface area contributed by atoms with E-state index in [0.29, 0.717) is 0 Å². The van der Waals surface area contributed by atoms with Crippen LogP contribution in [-0.2, 0) is 4.57 Å². The van der Waals surface area contributed by atoms with Crippen LogP contribution in [0, 0.1) is 0 Å². The van der Waals surface area contributed by atoms with Crippen LogP contribution in [0.3, 0.4) is 0 Å². The monoisotopic (exact) mass is 150 g/mol. The molecule has 0 amide bonds. The second-order valence-corrected chi connectivity index (χ2v) is 3.61. The molecule has 9 heavy (non-hydrogen) atoms. The van der Waals surface area contributed by atoms with Gasteiger partial charge in [-0.15, -0.1) is 6.58 Å². The minimum atomic E-state index is -3.97. The van der Waals surface area contributed by atoms with Gasteiger partial charge in [0, 0.05) is 0 Å². The van der Waals surface area contributed by atoms with Gasteiger partial charge in [-0.1, -0.05) is 6.08 Å². The van der Waals surface area contributed by atoms with Crippen molar-refractivity contribution in [2.45, 2.75) is 0 Å². The number of hydrogen-bond acceptors (Lipinski definition) is 2. The molecule has 2 N–H and O–H groups in total. The molecular weight excluding hydrogens is 143 g/mol. The van der Waals surface area contributed by atoms with Crippen molar-refractivity contribution < 1.29 is 19.4 Å². The molecule has 52 valence electrons. The highest BCUT2D eigenvalue weighted by molar-refractivity contribution is 7.74. The lowest BCUT2D eigenvalue weighted by Crippen LogP contribution is -1.96. The Bertz CT molecular complexity index is 173. The van der Waals surface area contributed by atoms with Gasteiger partial charge in [-0.3, -0.25) is 4.57 Å². The van der Waals surface area contributed by atoms with E-state index in [0.717, 1.165) is 6.08 Å². The fourth-order valence-electron chi connectivity index (χ4n) is 0.253. The van der Waals surface area contributed by atoms with E-state index < -0.39 is 13.1 Å². The molecule has 0 radical (unpaired) electrons. The van der Waals surface area contributed by atoms with E-state index >= 15 is 0 Å². The second kappa shape index (κ2) is 2.80. The molecule has 0 fully saturated rings. The van der Waals surface area contributed by atoms with Crippen molar-refractivity contribution in [3.8, 4) is 0 Å². The summed E-state index contributed by atoms with van der Waals surface area (Å²) >= 11 is 0. The molecule has 0 aliphatic rings. The first-order valence-corrected chi connectivity index (χ1v) is 4.01. The first-order valence-electron chi connectivity index (χ1n) is 2.17. The van der Waals surface area contributed by atoms with E-state index in [1.807, 2.05) is 0 Å². The number of rotatable bonds is 3. The highest BCUT2D eigenvalue weighted by atomic mass is 31.2. The van der Waals surface area contributed by atoms with Crippen molar-refractivity contribution in [1.82, 2.24) is 0 Å². The zero-order chi connectivity index (χ0) is 7.49. The lowest BCUT2D eigenvalue weighted by molar-refractivity contribution is 0.215. The lowest BCUT2D eigenvalue weighted by atomic mass is 10.8. The van der Waals surface area contributed by atoms with Crippen LogP contribution in [0.1, 0.15) is 0 Å². The van der Waals surface area contributed by atoms with Gasteiger partial charge in [0.1, 0.15) is 0 Å². The third kappa shape index (κ3) is 2.44. The van der Waals surface area contributed by atoms with Gasteiger partial charge >= 0.3 is 13.1 Å². The predicted octanol–water partition coefficient (Wildman–Crippen LogP) is 1.12. The average Bonchev–Trinajstić information content (AvgIpc) is 1.65. The summed E-state index contributed by atoms with van der Waals surface area (Å²) in [4.78, 5) is 18.3. The summed E-state index contributed by atoms with van der Waals surface area (Å²) in [6.07, 6.45) is 0.733. The lowest BCUT2D eigenvalue weighted by Gasteiger charge is -1.99. The molecular formula is C4H7O4P. The van der Waals surface area contributed by atoms with Crippen LogP contribution in [0.2, 0.25) is 0 Å². The van der Waals surface area contributed by atoms with E-state index in [4.69, 9.17) is 10.00 Å². The largest absolute Gasteiger partial charge is 0.474 e. The number of allylic oxidation sites excluding steroid dienone is 1. The molecule has 0 saturated heterocycles. The molecule has 5 heteroatoms. The van der Waals surface area contributed by atoms with E-state index in [2.05, 4.69) is 6.58 Å². The van der Waals surface area contributed by atoms with Gasteiger partial charge in [0.2, 0.25) is 0 Å². The summed E-state index contributed by atoms with van der Waals surface area (Å²) in [6, 6.07) is 0. The van der Waals surface area contributed by atoms with Crippen LogP contribution in [0.25, 0.3) is 0 Å². The minimum absolute atomic E-state index is 0.373. The van der Waals surface area contributed by atoms with Crippen molar-refractivity contribution in [2.24, 2.45) is 0 Å². The van der Waals surface area contributed by atoms with Gasteiger partial charge in [-0.05, 0) is 0 Å². The topological polar surface area (TPSA) is 74.6 Å². The molecule has 0 spiro atoms. The van der Waals surface area contributed by atoms with Gasteiger partial charge in [0.15, 0.2) is 0 Å². The Hall–Kier alpha value is -0.600. The summed E-state index contributed by atoms with van der Waals surface area (Å²) in [6.45, 7) is 3.13. The smallest absolute Gasteiger partial charge is 0.389 e. The van der Waals surface area contributed by atoms with E-state index in [9.17, 15) is 9.36 Å². The number of hydrogen-bond donors (Lipinski definition) is 2. The van der Waals surface area contributed by atoms with Gasteiger partial charge in [-0.2, -0.15) is 0 Å². The predicted molar refractivity (Wildman–Crippen MR) is 32.9 cm³/mol. The maximum Gasteiger partial charge on any atom is 0.389 e. The molecule has 1 unspecified atom stereocenters. The molecule has 0 aliphatic carbocycles. The van der Waals surface area contributed by atoms with Crippen LogP contribution in [-0.4, -0.2) is 21.9 Å². The van der Waals surface area contributed by atoms with Gasteiger partial charge in [0.05, 0.1) is 6.16 Å². The quantitative estimate of drug-likeness (QED) is 0.467. The van der Waals surface area contributed by atoms with Gasteiger partial charge in [-0.25, -0.2) is 4.79 Å². The Morgan fingerprint density at radius 3 is 2.33 bits per heavy atom. The molecule has 1 atom stereocenters. The Labute approximate surface area is 52.3 Å². The van der Waals surface area contributed by atoms with Crippen LogP contribution in [0.5, 0.6) is 0 Å². The maximum absolute atomic E-state index is 10.4. The molecule has 0 aromatic heterocycles. The minimum Gasteiger partial charge on any atom is -0.474 e. The third-order valence-electron chi connectivity index (χ3n) is 0.675. The van der Waals surface area contributed by atoms with Crippen molar-refractivity contribution in [1.29, 1.82) is 0 Å². The first kappa shape index (κ1) is 8.40. The Balaban J connectivity index is 4.20. The molecule has 0 aromatic rings. The van der Waals surface area contributed by atoms with Crippen molar-refractivity contribution in [2.75, 3.05) is 6.16 Å². The highest BCUT2D eigenvalue weighted by Crippen LogP contribution is 2.40. The van der Waals surface area contributed by atoms with Gasteiger partial charge in [0.25, 0.3) is 0 Å². The zero-order valence-electron chi connectivity index (χ0n) is 4.65. The summed E-state index contributed by atoms with van der Waals surface area (Å²) in [5, 5.41) is 8.01. The molecule has 0 aromatic carbocycles. The Morgan fingerprint density at radius 2 is 2.22 bits per heavy atom. The molecule has 0 bridgehead atoms. The third-order valence-corrected chi connectivity index (χ3v) is 2.03. The van der Waals surface area contributed by atoms with Crippen LogP contribution in [0.4, 0.5) is 4.79 Å². The normalized spacial score (nSPS) is 16.1. The highest BCUT2D eigenvalue weighted by Gasteiger charge is 2.25. The molecule has 0 rings (SSSR count). The van der Waals surface area contributed by atoms with E-state index in [-0.39, 0.29) is 6.16 Å². The summed E-state index contributed by atoms with van der Waals surface area (Å²) in [5.41, 5.74) is -1.66. The van der Waals surface area contributed by atoms with Crippen LogP contribution < -0.4 is 0 Å². The van der Waals surface area contributed by atoms with Crippen molar-refractivity contribution in [3.63, 3.8) is 0 Å². The second-order valence-electron chi connectivity index (χ2n) is 1.46. The number of carboxylic acid groups (broad SMARTS) is 1. The summed E-state index contributed by atoms with van der Waals surface area (Å²) in [7, 11) is -3.97. The van der Waals surface area contributed by atoms with E-state index in [1.165, 1.54) is 0 Å². The molecule has 0 saturated carbocycles. The summed E-state index contributed by atoms with van der Waals surface area (Å²) in [5.74, 6) is 0. The van der Waals surface area contributed by atoms with Crippen LogP contribution >= 0.6 is 7.37 Å².